The molecule has 0 aromatic carbocycles. The largest absolute Gasteiger partial charge is 0.309 e. The third-order valence-corrected chi connectivity index (χ3v) is 2.55. The van der Waals surface area contributed by atoms with E-state index in [0.29, 0.717) is 5.41 Å². The molecule has 0 saturated carbocycles. The summed E-state index contributed by atoms with van der Waals surface area (Å²) >= 11 is 4.24. The van der Waals surface area contributed by atoms with E-state index < -0.39 is 0 Å². The molecule has 0 radical (unpaired) electrons. The molecule has 0 spiro atoms. The number of nitrogens with zero attached hydrogens (tertiary/aromatic N) is 2. The molecular weight excluding hydrogens is 180 g/mol. The van der Waals surface area contributed by atoms with Crippen molar-refractivity contribution in [1.82, 2.24) is 9.21 Å². The molecule has 80 valence electrons. The van der Waals surface area contributed by atoms with Gasteiger partial charge in [-0.25, -0.2) is 0 Å². The van der Waals surface area contributed by atoms with Crippen LogP contribution in [0.3, 0.4) is 0 Å². The van der Waals surface area contributed by atoms with Crippen molar-refractivity contribution in [2.24, 2.45) is 5.41 Å². The number of rotatable bonds is 6. The molecule has 0 aliphatic heterocycles. The van der Waals surface area contributed by atoms with Gasteiger partial charge >= 0.3 is 0 Å². The smallest absolute Gasteiger partial charge is 0.00889 e. The Bertz CT molecular complexity index is 119. The van der Waals surface area contributed by atoms with E-state index in [1.165, 1.54) is 19.4 Å². The average molecular weight is 204 g/mol. The molecule has 0 aromatic heterocycles. The molecule has 0 unspecified atom stereocenters. The third-order valence-electron chi connectivity index (χ3n) is 2.35. The Morgan fingerprint density at radius 3 is 1.85 bits per heavy atom. The van der Waals surface area contributed by atoms with Crippen LogP contribution in [0.5, 0.6) is 0 Å². The molecule has 2 nitrogen and oxygen atoms in total. The van der Waals surface area contributed by atoms with E-state index in [0.717, 1.165) is 6.54 Å². The summed E-state index contributed by atoms with van der Waals surface area (Å²) < 4.78 is 1.96. The van der Waals surface area contributed by atoms with E-state index in [4.69, 9.17) is 0 Å². The van der Waals surface area contributed by atoms with Gasteiger partial charge in [0.1, 0.15) is 0 Å². The van der Waals surface area contributed by atoms with E-state index in [-0.39, 0.29) is 0 Å². The maximum absolute atomic E-state index is 4.24. The molecule has 0 atom stereocenters. The number of hydrogen-bond acceptors (Lipinski definition) is 3. The lowest BCUT2D eigenvalue weighted by molar-refractivity contribution is 0.246. The topological polar surface area (TPSA) is 6.48 Å². The van der Waals surface area contributed by atoms with Crippen molar-refractivity contribution in [2.75, 3.05) is 34.2 Å². The van der Waals surface area contributed by atoms with Crippen LogP contribution in [0.15, 0.2) is 0 Å². The monoisotopic (exact) mass is 204 g/mol. The molecule has 13 heavy (non-hydrogen) atoms. The average Bonchev–Trinajstić information content (AvgIpc) is 1.98. The predicted molar refractivity (Wildman–Crippen MR) is 63.2 cm³/mol. The molecule has 0 aliphatic carbocycles. The molecule has 0 rings (SSSR count). The van der Waals surface area contributed by atoms with Crippen LogP contribution >= 0.6 is 12.8 Å². The summed E-state index contributed by atoms with van der Waals surface area (Å²) in [5, 5.41) is 0. The second kappa shape index (κ2) is 5.89. The van der Waals surface area contributed by atoms with Crippen LogP contribution < -0.4 is 0 Å². The van der Waals surface area contributed by atoms with Gasteiger partial charge in [-0.05, 0) is 45.9 Å². The fourth-order valence-electron chi connectivity index (χ4n) is 1.12. The highest BCUT2D eigenvalue weighted by molar-refractivity contribution is 7.77. The minimum Gasteiger partial charge on any atom is -0.309 e. The molecular formula is C10H24N2S. The van der Waals surface area contributed by atoms with Gasteiger partial charge in [0.05, 0.1) is 0 Å². The quantitative estimate of drug-likeness (QED) is 0.662. The summed E-state index contributed by atoms with van der Waals surface area (Å²) in [6, 6.07) is 0. The van der Waals surface area contributed by atoms with Crippen LogP contribution in [0.4, 0.5) is 0 Å². The Balaban J connectivity index is 3.66. The highest BCUT2D eigenvalue weighted by atomic mass is 32.1. The van der Waals surface area contributed by atoms with Crippen molar-refractivity contribution < 1.29 is 0 Å². The zero-order chi connectivity index (χ0) is 10.5. The van der Waals surface area contributed by atoms with E-state index in [1.54, 1.807) is 0 Å². The fraction of sp³-hybridized carbons (Fsp3) is 1.00. The molecule has 0 N–H and O–H groups in total. The molecule has 0 bridgehead atoms. The van der Waals surface area contributed by atoms with E-state index in [1.807, 2.05) is 11.4 Å². The van der Waals surface area contributed by atoms with Crippen LogP contribution in [0, 0.1) is 5.41 Å². The standard InChI is InChI=1S/C10H24N2S/c1-10(2,6-8-11(3)4)7-9-12(5)13/h13H,6-9H2,1-5H3. The maximum atomic E-state index is 4.24. The van der Waals surface area contributed by atoms with Gasteiger partial charge in [-0.3, -0.25) is 4.31 Å². The third kappa shape index (κ3) is 8.60. The zero-order valence-corrected chi connectivity index (χ0v) is 10.6. The predicted octanol–water partition coefficient (Wildman–Crippen LogP) is 2.13. The Labute approximate surface area is 88.8 Å². The van der Waals surface area contributed by atoms with Gasteiger partial charge in [-0.15, -0.1) is 0 Å². The van der Waals surface area contributed by atoms with Crippen molar-refractivity contribution in [3.05, 3.63) is 0 Å². The summed E-state index contributed by atoms with van der Waals surface area (Å²) in [6.45, 7) is 6.88. The van der Waals surface area contributed by atoms with Crippen LogP contribution in [0.2, 0.25) is 0 Å². The van der Waals surface area contributed by atoms with Gasteiger partial charge in [-0.2, -0.15) is 0 Å². The molecule has 0 aromatic rings. The Morgan fingerprint density at radius 2 is 1.46 bits per heavy atom. The maximum Gasteiger partial charge on any atom is 0.00889 e. The molecule has 0 aliphatic rings. The highest BCUT2D eigenvalue weighted by Gasteiger charge is 2.17. The van der Waals surface area contributed by atoms with Crippen molar-refractivity contribution in [2.45, 2.75) is 26.7 Å². The molecule has 3 heteroatoms. The molecule has 0 saturated heterocycles. The second-order valence-corrected chi connectivity index (χ2v) is 5.53. The van der Waals surface area contributed by atoms with E-state index in [2.05, 4.69) is 45.7 Å². The van der Waals surface area contributed by atoms with Crippen LogP contribution in [0.25, 0.3) is 0 Å². The van der Waals surface area contributed by atoms with Gasteiger partial charge in [0, 0.05) is 6.54 Å². The van der Waals surface area contributed by atoms with Crippen molar-refractivity contribution in [3.8, 4) is 0 Å². The number of hydrogen-bond donors (Lipinski definition) is 1. The normalized spacial score (nSPS) is 12.9. The Hall–Kier alpha value is 0.270. The van der Waals surface area contributed by atoms with Crippen LogP contribution in [-0.4, -0.2) is 43.4 Å². The molecule has 0 amide bonds. The first kappa shape index (κ1) is 13.3. The molecule has 0 fully saturated rings. The summed E-state index contributed by atoms with van der Waals surface area (Å²) in [4.78, 5) is 2.24. The van der Waals surface area contributed by atoms with Gasteiger partial charge < -0.3 is 4.90 Å². The minimum atomic E-state index is 0.432. The van der Waals surface area contributed by atoms with Gasteiger partial charge in [0.2, 0.25) is 0 Å². The van der Waals surface area contributed by atoms with E-state index in [9.17, 15) is 0 Å². The lowest BCUT2D eigenvalue weighted by Crippen LogP contribution is -2.24. The van der Waals surface area contributed by atoms with E-state index >= 15 is 0 Å². The van der Waals surface area contributed by atoms with Crippen molar-refractivity contribution in [1.29, 1.82) is 0 Å². The van der Waals surface area contributed by atoms with Crippen LogP contribution in [0.1, 0.15) is 26.7 Å². The van der Waals surface area contributed by atoms with Gasteiger partial charge in [0.15, 0.2) is 0 Å². The zero-order valence-electron chi connectivity index (χ0n) is 9.67. The SMILES string of the molecule is CN(C)CCC(C)(C)CCN(C)S. The number of thiol groups is 1. The highest BCUT2D eigenvalue weighted by Crippen LogP contribution is 2.25. The lowest BCUT2D eigenvalue weighted by atomic mass is 9.85. The summed E-state index contributed by atoms with van der Waals surface area (Å²) in [6.07, 6.45) is 2.46. The Kier molecular flexibility index (Phi) is 6.01. The summed E-state index contributed by atoms with van der Waals surface area (Å²) in [5.74, 6) is 0. The first-order valence-corrected chi connectivity index (χ1v) is 5.28. The lowest BCUT2D eigenvalue weighted by Gasteiger charge is -2.27. The molecule has 0 heterocycles. The second-order valence-electron chi connectivity index (χ2n) is 4.85. The van der Waals surface area contributed by atoms with Gasteiger partial charge in [-0.1, -0.05) is 26.7 Å². The summed E-state index contributed by atoms with van der Waals surface area (Å²) in [7, 11) is 6.26. The fourth-order valence-corrected chi connectivity index (χ4v) is 1.22. The first-order chi connectivity index (χ1) is 5.83. The van der Waals surface area contributed by atoms with Crippen LogP contribution in [-0.2, 0) is 0 Å². The Morgan fingerprint density at radius 1 is 1.00 bits per heavy atom. The minimum absolute atomic E-state index is 0.432. The summed E-state index contributed by atoms with van der Waals surface area (Å²) in [5.41, 5.74) is 0.432. The van der Waals surface area contributed by atoms with Crippen molar-refractivity contribution >= 4 is 12.8 Å². The van der Waals surface area contributed by atoms with Crippen molar-refractivity contribution in [3.63, 3.8) is 0 Å². The first-order valence-electron chi connectivity index (χ1n) is 4.88. The van der Waals surface area contributed by atoms with Gasteiger partial charge in [0.25, 0.3) is 0 Å².